The third-order valence-electron chi connectivity index (χ3n) is 3.24. The van der Waals surface area contributed by atoms with Gasteiger partial charge in [-0.15, -0.1) is 0 Å². The van der Waals surface area contributed by atoms with E-state index in [1.54, 1.807) is 13.4 Å². The molecule has 0 spiro atoms. The number of nitrogens with zero attached hydrogens (tertiary/aromatic N) is 4. The number of piperazine rings is 1. The molecule has 1 aliphatic heterocycles. The van der Waals surface area contributed by atoms with Crippen LogP contribution in [0.1, 0.15) is 12.7 Å². The summed E-state index contributed by atoms with van der Waals surface area (Å²) in [5, 5.41) is 10.1. The van der Waals surface area contributed by atoms with Crippen LogP contribution in [-0.4, -0.2) is 58.3 Å². The van der Waals surface area contributed by atoms with E-state index in [0.29, 0.717) is 13.1 Å². The molecule has 1 aromatic rings. The standard InChI is InChI=1S/C11H20N6O/c1-3-17-10(14-8-15-17)7-16-5-4-13-6-9(16)11(18)12-2/h8-9,13H,3-7H2,1-2H3,(H,12,18). The van der Waals surface area contributed by atoms with E-state index in [4.69, 9.17) is 0 Å². The summed E-state index contributed by atoms with van der Waals surface area (Å²) < 4.78 is 1.86. The highest BCUT2D eigenvalue weighted by Crippen LogP contribution is 2.08. The molecule has 0 aromatic carbocycles. The third-order valence-corrected chi connectivity index (χ3v) is 3.24. The van der Waals surface area contributed by atoms with Crippen LogP contribution in [-0.2, 0) is 17.9 Å². The number of carbonyl (C=O) groups is 1. The lowest BCUT2D eigenvalue weighted by atomic mass is 10.1. The SMILES string of the molecule is CCn1ncnc1CN1CCNCC1C(=O)NC. The Morgan fingerprint density at radius 1 is 1.67 bits per heavy atom. The molecule has 7 nitrogen and oxygen atoms in total. The van der Waals surface area contributed by atoms with Gasteiger partial charge in [0.1, 0.15) is 18.2 Å². The molecule has 2 heterocycles. The van der Waals surface area contributed by atoms with Gasteiger partial charge in [-0.05, 0) is 6.92 Å². The average Bonchev–Trinajstić information content (AvgIpc) is 2.86. The van der Waals surface area contributed by atoms with Gasteiger partial charge in [0.15, 0.2) is 0 Å². The Hall–Kier alpha value is -1.47. The summed E-state index contributed by atoms with van der Waals surface area (Å²) in [7, 11) is 1.67. The van der Waals surface area contributed by atoms with Crippen LogP contribution in [0.4, 0.5) is 0 Å². The fourth-order valence-electron chi connectivity index (χ4n) is 2.22. The van der Waals surface area contributed by atoms with E-state index in [9.17, 15) is 4.79 Å². The molecule has 2 N–H and O–H groups in total. The average molecular weight is 252 g/mol. The largest absolute Gasteiger partial charge is 0.358 e. The summed E-state index contributed by atoms with van der Waals surface area (Å²) in [6, 6.07) is -0.134. The van der Waals surface area contributed by atoms with Gasteiger partial charge in [-0.1, -0.05) is 0 Å². The summed E-state index contributed by atoms with van der Waals surface area (Å²) >= 11 is 0. The van der Waals surface area contributed by atoms with Crippen LogP contribution in [0.15, 0.2) is 6.33 Å². The number of hydrogen-bond donors (Lipinski definition) is 2. The quantitative estimate of drug-likeness (QED) is 0.705. The summed E-state index contributed by atoms with van der Waals surface area (Å²) in [4.78, 5) is 18.2. The summed E-state index contributed by atoms with van der Waals surface area (Å²) in [5.74, 6) is 0.957. The highest BCUT2D eigenvalue weighted by molar-refractivity contribution is 5.81. The van der Waals surface area contributed by atoms with Gasteiger partial charge in [0.25, 0.3) is 0 Å². The summed E-state index contributed by atoms with van der Waals surface area (Å²) in [6.45, 7) is 5.91. The minimum atomic E-state index is -0.134. The molecule has 1 aromatic heterocycles. The molecule has 1 saturated heterocycles. The molecule has 7 heteroatoms. The molecule has 1 unspecified atom stereocenters. The second kappa shape index (κ2) is 5.92. The Morgan fingerprint density at radius 2 is 2.50 bits per heavy atom. The van der Waals surface area contributed by atoms with Crippen LogP contribution in [0, 0.1) is 0 Å². The van der Waals surface area contributed by atoms with Crippen molar-refractivity contribution in [2.75, 3.05) is 26.7 Å². The van der Waals surface area contributed by atoms with Crippen molar-refractivity contribution >= 4 is 5.91 Å². The van der Waals surface area contributed by atoms with E-state index in [1.807, 2.05) is 11.6 Å². The first-order valence-corrected chi connectivity index (χ1v) is 6.29. The first-order chi connectivity index (χ1) is 8.76. The molecule has 18 heavy (non-hydrogen) atoms. The van der Waals surface area contributed by atoms with Gasteiger partial charge in [-0.2, -0.15) is 5.10 Å². The lowest BCUT2D eigenvalue weighted by molar-refractivity contribution is -0.126. The van der Waals surface area contributed by atoms with Crippen molar-refractivity contribution < 1.29 is 4.79 Å². The Balaban J connectivity index is 2.08. The van der Waals surface area contributed by atoms with E-state index >= 15 is 0 Å². The normalized spacial score (nSPS) is 20.9. The van der Waals surface area contributed by atoms with E-state index in [-0.39, 0.29) is 11.9 Å². The zero-order chi connectivity index (χ0) is 13.0. The summed E-state index contributed by atoms with van der Waals surface area (Å²) in [5.41, 5.74) is 0. The van der Waals surface area contributed by atoms with Gasteiger partial charge < -0.3 is 10.6 Å². The molecule has 1 aliphatic rings. The smallest absolute Gasteiger partial charge is 0.238 e. The van der Waals surface area contributed by atoms with Gasteiger partial charge in [0, 0.05) is 33.2 Å². The molecule has 0 aliphatic carbocycles. The van der Waals surface area contributed by atoms with Gasteiger partial charge in [-0.3, -0.25) is 9.69 Å². The van der Waals surface area contributed by atoms with Crippen molar-refractivity contribution in [2.45, 2.75) is 26.1 Å². The topological polar surface area (TPSA) is 75.1 Å². The second-order valence-electron chi connectivity index (χ2n) is 4.30. The molecule has 100 valence electrons. The molecule has 0 saturated carbocycles. The predicted molar refractivity (Wildman–Crippen MR) is 66.8 cm³/mol. The molecule has 0 bridgehead atoms. The minimum Gasteiger partial charge on any atom is -0.358 e. The van der Waals surface area contributed by atoms with Crippen molar-refractivity contribution in [1.82, 2.24) is 30.3 Å². The summed E-state index contributed by atoms with van der Waals surface area (Å²) in [6.07, 6.45) is 1.57. The number of amides is 1. The zero-order valence-electron chi connectivity index (χ0n) is 10.9. The van der Waals surface area contributed by atoms with Crippen molar-refractivity contribution in [3.05, 3.63) is 12.2 Å². The maximum absolute atomic E-state index is 11.8. The van der Waals surface area contributed by atoms with Crippen molar-refractivity contribution in [1.29, 1.82) is 0 Å². The molecule has 1 atom stereocenters. The lowest BCUT2D eigenvalue weighted by Crippen LogP contribution is -2.57. The Labute approximate surface area is 107 Å². The first kappa shape index (κ1) is 13.0. The van der Waals surface area contributed by atoms with Gasteiger partial charge >= 0.3 is 0 Å². The van der Waals surface area contributed by atoms with E-state index < -0.39 is 0 Å². The number of likely N-dealkylation sites (N-methyl/N-ethyl adjacent to an activating group) is 1. The van der Waals surface area contributed by atoms with Gasteiger partial charge in [-0.25, -0.2) is 9.67 Å². The van der Waals surface area contributed by atoms with Crippen LogP contribution >= 0.6 is 0 Å². The lowest BCUT2D eigenvalue weighted by Gasteiger charge is -2.34. The van der Waals surface area contributed by atoms with E-state index in [0.717, 1.165) is 25.5 Å². The molecule has 1 amide bonds. The highest BCUT2D eigenvalue weighted by atomic mass is 16.2. The maximum Gasteiger partial charge on any atom is 0.238 e. The number of rotatable bonds is 4. The zero-order valence-corrected chi connectivity index (χ0v) is 10.9. The van der Waals surface area contributed by atoms with E-state index in [2.05, 4.69) is 25.6 Å². The highest BCUT2D eigenvalue weighted by Gasteiger charge is 2.28. The Morgan fingerprint density at radius 3 is 3.22 bits per heavy atom. The van der Waals surface area contributed by atoms with Crippen LogP contribution in [0.5, 0.6) is 0 Å². The van der Waals surface area contributed by atoms with Crippen molar-refractivity contribution in [2.24, 2.45) is 0 Å². The number of nitrogens with one attached hydrogen (secondary N) is 2. The molecule has 2 rings (SSSR count). The minimum absolute atomic E-state index is 0.0461. The fourth-order valence-corrected chi connectivity index (χ4v) is 2.22. The number of hydrogen-bond acceptors (Lipinski definition) is 5. The molecular formula is C11H20N6O. The predicted octanol–water partition coefficient (Wildman–Crippen LogP) is -1.18. The molecule has 0 radical (unpaired) electrons. The second-order valence-corrected chi connectivity index (χ2v) is 4.30. The van der Waals surface area contributed by atoms with Crippen molar-refractivity contribution in [3.8, 4) is 0 Å². The number of aromatic nitrogens is 3. The first-order valence-electron chi connectivity index (χ1n) is 6.29. The van der Waals surface area contributed by atoms with Crippen LogP contribution in [0.25, 0.3) is 0 Å². The van der Waals surface area contributed by atoms with E-state index in [1.165, 1.54) is 0 Å². The third kappa shape index (κ3) is 2.68. The molecule has 1 fully saturated rings. The number of aryl methyl sites for hydroxylation is 1. The number of carbonyl (C=O) groups excluding carboxylic acids is 1. The maximum atomic E-state index is 11.8. The monoisotopic (exact) mass is 252 g/mol. The van der Waals surface area contributed by atoms with Crippen LogP contribution in [0.2, 0.25) is 0 Å². The van der Waals surface area contributed by atoms with Crippen LogP contribution < -0.4 is 10.6 Å². The Bertz CT molecular complexity index is 404. The van der Waals surface area contributed by atoms with Crippen LogP contribution in [0.3, 0.4) is 0 Å². The van der Waals surface area contributed by atoms with Gasteiger partial charge in [0.05, 0.1) is 6.54 Å². The van der Waals surface area contributed by atoms with Crippen molar-refractivity contribution in [3.63, 3.8) is 0 Å². The molecular weight excluding hydrogens is 232 g/mol. The fraction of sp³-hybridized carbons (Fsp3) is 0.727. The van der Waals surface area contributed by atoms with Gasteiger partial charge in [0.2, 0.25) is 5.91 Å². The Kier molecular flexibility index (Phi) is 4.27.